The van der Waals surface area contributed by atoms with E-state index in [4.69, 9.17) is 14.7 Å². The number of hydrogen-bond donors (Lipinski definition) is 0. The van der Waals surface area contributed by atoms with Crippen LogP contribution in [-0.2, 0) is 4.74 Å². The first-order valence-electron chi connectivity index (χ1n) is 9.01. The molecule has 1 fully saturated rings. The van der Waals surface area contributed by atoms with Gasteiger partial charge in [-0.25, -0.2) is 19.8 Å². The van der Waals surface area contributed by atoms with Crippen LogP contribution in [0.15, 0.2) is 41.8 Å². The lowest BCUT2D eigenvalue weighted by Gasteiger charge is -2.31. The Hall–Kier alpha value is -2.67. The Morgan fingerprint density at radius 2 is 1.93 bits per heavy atom. The number of benzene rings is 1. The summed E-state index contributed by atoms with van der Waals surface area (Å²) in [6.45, 7) is 6.95. The number of rotatable bonds is 2. The summed E-state index contributed by atoms with van der Waals surface area (Å²) >= 11 is 1.60. The Morgan fingerprint density at radius 1 is 1.11 bits per heavy atom. The van der Waals surface area contributed by atoms with Gasteiger partial charge < -0.3 is 4.74 Å². The lowest BCUT2D eigenvalue weighted by molar-refractivity contribution is 0.0273. The van der Waals surface area contributed by atoms with Crippen LogP contribution in [0.5, 0.6) is 0 Å². The Labute approximate surface area is 162 Å². The largest absolute Gasteiger partial charge is 0.442 e. The predicted molar refractivity (Wildman–Crippen MR) is 108 cm³/mol. The number of anilines is 1. The van der Waals surface area contributed by atoms with E-state index in [0.29, 0.717) is 18.9 Å². The highest BCUT2D eigenvalue weighted by Gasteiger charge is 2.33. The lowest BCUT2D eigenvalue weighted by atomic mass is 10.2. The Balaban J connectivity index is 1.79. The quantitative estimate of drug-likeness (QED) is 0.642. The number of ether oxygens (including phenoxy) is 1. The van der Waals surface area contributed by atoms with Crippen LogP contribution in [0, 0.1) is 0 Å². The molecule has 3 aromatic rings. The molecule has 1 aliphatic heterocycles. The first-order valence-corrected chi connectivity index (χ1v) is 9.89. The Morgan fingerprint density at radius 3 is 2.67 bits per heavy atom. The van der Waals surface area contributed by atoms with Crippen molar-refractivity contribution in [3.8, 4) is 10.7 Å². The standard InChI is InChI=1S/C20H22N4O2S/c1-20(2,3)26-19(25)24-12-7-11-23(24)18-14-8-4-5-9-15(14)21-17(22-18)16-10-6-13-27-16/h4-6,8-10,13H,7,11-12H2,1-3H3. The molecule has 0 radical (unpaired) electrons. The lowest BCUT2D eigenvalue weighted by Crippen LogP contribution is -2.44. The molecule has 1 aliphatic rings. The minimum atomic E-state index is -0.540. The summed E-state index contributed by atoms with van der Waals surface area (Å²) in [5, 5.41) is 6.51. The number of carbonyl (C=O) groups is 1. The average molecular weight is 382 g/mol. The van der Waals surface area contributed by atoms with Gasteiger partial charge in [0.15, 0.2) is 11.6 Å². The van der Waals surface area contributed by atoms with Crippen molar-refractivity contribution < 1.29 is 9.53 Å². The van der Waals surface area contributed by atoms with Gasteiger partial charge >= 0.3 is 6.09 Å². The zero-order valence-corrected chi connectivity index (χ0v) is 16.5. The van der Waals surface area contributed by atoms with Crippen LogP contribution in [0.1, 0.15) is 27.2 Å². The van der Waals surface area contributed by atoms with Gasteiger partial charge in [0.05, 0.1) is 10.4 Å². The molecule has 140 valence electrons. The summed E-state index contributed by atoms with van der Waals surface area (Å²) in [5.41, 5.74) is 0.322. The normalized spacial score (nSPS) is 14.8. The number of nitrogens with zero attached hydrogens (tertiary/aromatic N) is 4. The van der Waals surface area contributed by atoms with Crippen LogP contribution in [0.3, 0.4) is 0 Å². The maximum absolute atomic E-state index is 12.7. The molecule has 6 nitrogen and oxygen atoms in total. The van der Waals surface area contributed by atoms with Gasteiger partial charge in [-0.2, -0.15) is 0 Å². The molecule has 4 rings (SSSR count). The Kier molecular flexibility index (Phi) is 4.47. The number of para-hydroxylation sites is 1. The number of carbonyl (C=O) groups excluding carboxylic acids is 1. The van der Waals surface area contributed by atoms with E-state index in [9.17, 15) is 4.79 Å². The van der Waals surface area contributed by atoms with Crippen LogP contribution in [-0.4, -0.2) is 39.8 Å². The van der Waals surface area contributed by atoms with E-state index in [1.165, 1.54) is 0 Å². The number of amides is 1. The first kappa shape index (κ1) is 17.7. The van der Waals surface area contributed by atoms with Gasteiger partial charge in [0, 0.05) is 18.5 Å². The number of hydrazine groups is 1. The van der Waals surface area contributed by atoms with Crippen molar-refractivity contribution in [1.29, 1.82) is 0 Å². The van der Waals surface area contributed by atoms with E-state index in [0.717, 1.165) is 28.0 Å². The topological polar surface area (TPSA) is 58.6 Å². The van der Waals surface area contributed by atoms with Gasteiger partial charge in [0.25, 0.3) is 0 Å². The van der Waals surface area contributed by atoms with Gasteiger partial charge in [-0.15, -0.1) is 11.3 Å². The molecule has 2 aromatic heterocycles. The van der Waals surface area contributed by atoms with Crippen LogP contribution >= 0.6 is 11.3 Å². The van der Waals surface area contributed by atoms with E-state index >= 15 is 0 Å². The highest BCUT2D eigenvalue weighted by molar-refractivity contribution is 7.13. The molecule has 7 heteroatoms. The zero-order chi connectivity index (χ0) is 19.0. The van der Waals surface area contributed by atoms with Crippen molar-refractivity contribution >= 4 is 34.2 Å². The van der Waals surface area contributed by atoms with Gasteiger partial charge in [-0.3, -0.25) is 5.01 Å². The molecule has 0 unspecified atom stereocenters. The fourth-order valence-corrected chi connectivity index (χ4v) is 3.77. The average Bonchev–Trinajstić information content (AvgIpc) is 3.31. The highest BCUT2D eigenvalue weighted by atomic mass is 32.1. The number of hydrogen-bond acceptors (Lipinski definition) is 6. The van der Waals surface area contributed by atoms with Crippen LogP contribution < -0.4 is 5.01 Å². The summed E-state index contributed by atoms with van der Waals surface area (Å²) in [5.74, 6) is 1.42. The van der Waals surface area contributed by atoms with E-state index in [1.807, 2.05) is 67.6 Å². The van der Waals surface area contributed by atoms with Crippen molar-refractivity contribution in [2.24, 2.45) is 0 Å². The molecule has 1 aromatic carbocycles. The molecule has 0 bridgehead atoms. The first-order chi connectivity index (χ1) is 12.9. The van der Waals surface area contributed by atoms with Crippen LogP contribution in [0.25, 0.3) is 21.6 Å². The fourth-order valence-electron chi connectivity index (χ4n) is 3.11. The maximum atomic E-state index is 12.7. The summed E-state index contributed by atoms with van der Waals surface area (Å²) in [6.07, 6.45) is 0.520. The fraction of sp³-hybridized carbons (Fsp3) is 0.350. The minimum Gasteiger partial charge on any atom is -0.442 e. The third-order valence-corrected chi connectivity index (χ3v) is 5.07. The molecule has 0 aliphatic carbocycles. The number of thiophene rings is 1. The van der Waals surface area contributed by atoms with E-state index in [-0.39, 0.29) is 6.09 Å². The van der Waals surface area contributed by atoms with E-state index in [2.05, 4.69) is 0 Å². The smallest absolute Gasteiger partial charge is 0.429 e. The minimum absolute atomic E-state index is 0.347. The molecule has 0 atom stereocenters. The highest BCUT2D eigenvalue weighted by Crippen LogP contribution is 2.32. The monoisotopic (exact) mass is 382 g/mol. The number of fused-ring (bicyclic) bond motifs is 1. The van der Waals surface area contributed by atoms with Crippen molar-refractivity contribution in [2.45, 2.75) is 32.8 Å². The third-order valence-electron chi connectivity index (χ3n) is 4.20. The maximum Gasteiger partial charge on any atom is 0.429 e. The summed E-state index contributed by atoms with van der Waals surface area (Å²) in [6, 6.07) is 11.9. The molecule has 1 saturated heterocycles. The third kappa shape index (κ3) is 3.60. The molecular weight excluding hydrogens is 360 g/mol. The second-order valence-corrected chi connectivity index (χ2v) is 8.39. The van der Waals surface area contributed by atoms with Gasteiger partial charge in [-0.05, 0) is 50.8 Å². The molecule has 27 heavy (non-hydrogen) atoms. The second kappa shape index (κ2) is 6.81. The van der Waals surface area contributed by atoms with Crippen LogP contribution in [0.2, 0.25) is 0 Å². The van der Waals surface area contributed by atoms with E-state index in [1.54, 1.807) is 16.3 Å². The van der Waals surface area contributed by atoms with Crippen LogP contribution in [0.4, 0.5) is 10.6 Å². The van der Waals surface area contributed by atoms with Crippen molar-refractivity contribution in [3.63, 3.8) is 0 Å². The summed E-state index contributed by atoms with van der Waals surface area (Å²) in [4.78, 5) is 23.3. The molecule has 0 spiro atoms. The zero-order valence-electron chi connectivity index (χ0n) is 15.7. The molecule has 0 saturated carbocycles. The van der Waals surface area contributed by atoms with Gasteiger partial charge in [0.2, 0.25) is 0 Å². The van der Waals surface area contributed by atoms with E-state index < -0.39 is 5.60 Å². The van der Waals surface area contributed by atoms with Gasteiger partial charge in [-0.1, -0.05) is 18.2 Å². The molecule has 0 N–H and O–H groups in total. The van der Waals surface area contributed by atoms with Crippen molar-refractivity contribution in [3.05, 3.63) is 41.8 Å². The summed E-state index contributed by atoms with van der Waals surface area (Å²) in [7, 11) is 0. The molecular formula is C20H22N4O2S. The molecule has 3 heterocycles. The second-order valence-electron chi connectivity index (χ2n) is 7.45. The SMILES string of the molecule is CC(C)(C)OC(=O)N1CCCN1c1nc(-c2cccs2)nc2ccccc12. The number of aromatic nitrogens is 2. The van der Waals surface area contributed by atoms with Crippen molar-refractivity contribution in [1.82, 2.24) is 15.0 Å². The Bertz CT molecular complexity index is 966. The molecule has 1 amide bonds. The predicted octanol–water partition coefficient (Wildman–Crippen LogP) is 4.72. The van der Waals surface area contributed by atoms with Crippen molar-refractivity contribution in [2.75, 3.05) is 18.1 Å². The summed E-state index contributed by atoms with van der Waals surface area (Å²) < 4.78 is 5.59. The van der Waals surface area contributed by atoms with Gasteiger partial charge in [0.1, 0.15) is 5.60 Å².